The summed E-state index contributed by atoms with van der Waals surface area (Å²) in [5.41, 5.74) is 0.868. The molecule has 0 saturated heterocycles. The van der Waals surface area contributed by atoms with Crippen LogP contribution in [0.4, 0.5) is 0 Å². The predicted molar refractivity (Wildman–Crippen MR) is 63.1 cm³/mol. The SMILES string of the molecule is CNCCNC(=O)C(OC)c1ccccc1. The molecule has 0 aliphatic heterocycles. The highest BCUT2D eigenvalue weighted by Gasteiger charge is 2.18. The minimum atomic E-state index is -0.530. The van der Waals surface area contributed by atoms with E-state index < -0.39 is 6.10 Å². The second-order valence-corrected chi connectivity index (χ2v) is 3.42. The first-order valence-electron chi connectivity index (χ1n) is 5.29. The highest BCUT2D eigenvalue weighted by atomic mass is 16.5. The van der Waals surface area contributed by atoms with Crippen LogP contribution in [0.3, 0.4) is 0 Å². The number of carbonyl (C=O) groups excluding carboxylic acids is 1. The van der Waals surface area contributed by atoms with Crippen molar-refractivity contribution >= 4 is 5.91 Å². The van der Waals surface area contributed by atoms with Gasteiger partial charge >= 0.3 is 0 Å². The van der Waals surface area contributed by atoms with Crippen LogP contribution in [0.5, 0.6) is 0 Å². The van der Waals surface area contributed by atoms with Gasteiger partial charge in [0.1, 0.15) is 0 Å². The first-order valence-corrected chi connectivity index (χ1v) is 5.29. The van der Waals surface area contributed by atoms with Crippen LogP contribution in [0.1, 0.15) is 11.7 Å². The Morgan fingerprint density at radius 3 is 2.56 bits per heavy atom. The molecule has 4 heteroatoms. The maximum Gasteiger partial charge on any atom is 0.253 e. The maximum atomic E-state index is 11.8. The van der Waals surface area contributed by atoms with Crippen molar-refractivity contribution in [3.05, 3.63) is 35.9 Å². The van der Waals surface area contributed by atoms with Crippen molar-refractivity contribution in [3.63, 3.8) is 0 Å². The molecule has 0 heterocycles. The van der Waals surface area contributed by atoms with E-state index in [9.17, 15) is 4.79 Å². The van der Waals surface area contributed by atoms with Crippen LogP contribution in [0, 0.1) is 0 Å². The Kier molecular flexibility index (Phi) is 5.53. The molecule has 0 aliphatic rings. The molecule has 0 saturated carbocycles. The second-order valence-electron chi connectivity index (χ2n) is 3.42. The van der Waals surface area contributed by atoms with Crippen molar-refractivity contribution in [1.82, 2.24) is 10.6 Å². The first-order chi connectivity index (χ1) is 7.79. The van der Waals surface area contributed by atoms with Crippen molar-refractivity contribution in [2.75, 3.05) is 27.2 Å². The number of likely N-dealkylation sites (N-methyl/N-ethyl adjacent to an activating group) is 1. The minimum absolute atomic E-state index is 0.107. The lowest BCUT2D eigenvalue weighted by atomic mass is 10.1. The Labute approximate surface area is 96.0 Å². The largest absolute Gasteiger partial charge is 0.367 e. The molecule has 1 unspecified atom stereocenters. The molecule has 0 radical (unpaired) electrons. The first kappa shape index (κ1) is 12.7. The highest BCUT2D eigenvalue weighted by molar-refractivity contribution is 5.82. The average molecular weight is 222 g/mol. The van der Waals surface area contributed by atoms with Gasteiger partial charge in [0.2, 0.25) is 0 Å². The molecule has 1 aromatic carbocycles. The molecule has 1 rings (SSSR count). The van der Waals surface area contributed by atoms with E-state index in [4.69, 9.17) is 4.74 Å². The maximum absolute atomic E-state index is 11.8. The Balaban J connectivity index is 2.57. The van der Waals surface area contributed by atoms with Crippen molar-refractivity contribution in [2.24, 2.45) is 0 Å². The van der Waals surface area contributed by atoms with Gasteiger partial charge in [-0.2, -0.15) is 0 Å². The van der Waals surface area contributed by atoms with Gasteiger partial charge in [0.05, 0.1) is 0 Å². The fourth-order valence-corrected chi connectivity index (χ4v) is 1.43. The zero-order chi connectivity index (χ0) is 11.8. The van der Waals surface area contributed by atoms with Crippen LogP contribution >= 0.6 is 0 Å². The molecule has 1 atom stereocenters. The van der Waals surface area contributed by atoms with E-state index in [1.807, 2.05) is 37.4 Å². The molecule has 0 bridgehead atoms. The lowest BCUT2D eigenvalue weighted by Gasteiger charge is -2.15. The molecule has 88 valence electrons. The number of carbonyl (C=O) groups is 1. The van der Waals surface area contributed by atoms with Crippen molar-refractivity contribution in [2.45, 2.75) is 6.10 Å². The average Bonchev–Trinajstić information content (AvgIpc) is 2.32. The number of benzene rings is 1. The summed E-state index contributed by atoms with van der Waals surface area (Å²) >= 11 is 0. The number of amides is 1. The normalized spacial score (nSPS) is 12.1. The van der Waals surface area contributed by atoms with E-state index in [1.54, 1.807) is 0 Å². The van der Waals surface area contributed by atoms with Crippen LogP contribution in [-0.2, 0) is 9.53 Å². The Morgan fingerprint density at radius 2 is 2.00 bits per heavy atom. The third-order valence-electron chi connectivity index (χ3n) is 2.25. The molecule has 0 aromatic heterocycles. The molecule has 4 nitrogen and oxygen atoms in total. The zero-order valence-electron chi connectivity index (χ0n) is 9.69. The van der Waals surface area contributed by atoms with Gasteiger partial charge in [-0.1, -0.05) is 30.3 Å². The molecular formula is C12H18N2O2. The molecular weight excluding hydrogens is 204 g/mol. The van der Waals surface area contributed by atoms with Crippen LogP contribution in [-0.4, -0.2) is 33.2 Å². The fourth-order valence-electron chi connectivity index (χ4n) is 1.43. The van der Waals surface area contributed by atoms with Crippen LogP contribution < -0.4 is 10.6 Å². The van der Waals surface area contributed by atoms with Gasteiger partial charge in [-0.25, -0.2) is 0 Å². The summed E-state index contributed by atoms with van der Waals surface area (Å²) in [6, 6.07) is 9.46. The third-order valence-corrected chi connectivity index (χ3v) is 2.25. The lowest BCUT2D eigenvalue weighted by molar-refractivity contribution is -0.131. The quantitative estimate of drug-likeness (QED) is 0.697. The van der Waals surface area contributed by atoms with E-state index in [1.165, 1.54) is 7.11 Å². The van der Waals surface area contributed by atoms with E-state index in [-0.39, 0.29) is 5.91 Å². The topological polar surface area (TPSA) is 50.4 Å². The van der Waals surface area contributed by atoms with Gasteiger partial charge in [-0.05, 0) is 12.6 Å². The molecule has 1 amide bonds. The Morgan fingerprint density at radius 1 is 1.31 bits per heavy atom. The monoisotopic (exact) mass is 222 g/mol. The number of hydrogen-bond donors (Lipinski definition) is 2. The van der Waals surface area contributed by atoms with E-state index >= 15 is 0 Å². The van der Waals surface area contributed by atoms with E-state index in [0.717, 1.165) is 12.1 Å². The smallest absolute Gasteiger partial charge is 0.253 e. The van der Waals surface area contributed by atoms with Gasteiger partial charge in [0.25, 0.3) is 5.91 Å². The standard InChI is InChI=1S/C12H18N2O2/c1-13-8-9-14-12(15)11(16-2)10-6-4-3-5-7-10/h3-7,11,13H,8-9H2,1-2H3,(H,14,15). The summed E-state index contributed by atoms with van der Waals surface area (Å²) in [5, 5.41) is 5.77. The van der Waals surface area contributed by atoms with Crippen LogP contribution in [0.15, 0.2) is 30.3 Å². The number of ether oxygens (including phenoxy) is 1. The van der Waals surface area contributed by atoms with Crippen molar-refractivity contribution in [3.8, 4) is 0 Å². The van der Waals surface area contributed by atoms with Crippen molar-refractivity contribution < 1.29 is 9.53 Å². The Hall–Kier alpha value is -1.39. The second kappa shape index (κ2) is 6.98. The predicted octanol–water partition coefficient (Wildman–Crippen LogP) is 0.710. The summed E-state index contributed by atoms with van der Waals surface area (Å²) in [7, 11) is 3.38. The van der Waals surface area contributed by atoms with Gasteiger partial charge in [-0.15, -0.1) is 0 Å². The summed E-state index contributed by atoms with van der Waals surface area (Å²) in [4.78, 5) is 11.8. The summed E-state index contributed by atoms with van der Waals surface area (Å²) < 4.78 is 5.20. The van der Waals surface area contributed by atoms with Gasteiger partial charge in [-0.3, -0.25) is 4.79 Å². The number of rotatable bonds is 6. The zero-order valence-corrected chi connectivity index (χ0v) is 9.69. The van der Waals surface area contributed by atoms with Gasteiger partial charge in [0.15, 0.2) is 6.10 Å². The van der Waals surface area contributed by atoms with Crippen LogP contribution in [0.25, 0.3) is 0 Å². The van der Waals surface area contributed by atoms with Crippen molar-refractivity contribution in [1.29, 1.82) is 0 Å². The molecule has 1 aromatic rings. The van der Waals surface area contributed by atoms with E-state index in [0.29, 0.717) is 6.54 Å². The Bertz CT molecular complexity index is 314. The molecule has 0 fully saturated rings. The van der Waals surface area contributed by atoms with E-state index in [2.05, 4.69) is 10.6 Å². The molecule has 0 aliphatic carbocycles. The summed E-state index contributed by atoms with van der Waals surface area (Å²) in [6.45, 7) is 1.35. The number of methoxy groups -OCH3 is 1. The summed E-state index contributed by atoms with van der Waals surface area (Å²) in [6.07, 6.45) is -0.530. The summed E-state index contributed by atoms with van der Waals surface area (Å²) in [5.74, 6) is -0.107. The minimum Gasteiger partial charge on any atom is -0.367 e. The number of nitrogens with one attached hydrogen (secondary N) is 2. The number of hydrogen-bond acceptors (Lipinski definition) is 3. The third kappa shape index (κ3) is 3.64. The van der Waals surface area contributed by atoms with Crippen LogP contribution in [0.2, 0.25) is 0 Å². The lowest BCUT2D eigenvalue weighted by Crippen LogP contribution is -2.34. The highest BCUT2D eigenvalue weighted by Crippen LogP contribution is 2.15. The van der Waals surface area contributed by atoms with Gasteiger partial charge < -0.3 is 15.4 Å². The molecule has 0 spiro atoms. The van der Waals surface area contributed by atoms with Gasteiger partial charge in [0, 0.05) is 20.2 Å². The fraction of sp³-hybridized carbons (Fsp3) is 0.417. The molecule has 2 N–H and O–H groups in total. The molecule has 16 heavy (non-hydrogen) atoms.